The van der Waals surface area contributed by atoms with Gasteiger partial charge in [-0.25, -0.2) is 9.59 Å². The normalized spacial score (nSPS) is 17.7. The molecule has 0 saturated carbocycles. The van der Waals surface area contributed by atoms with Gasteiger partial charge in [0.2, 0.25) is 0 Å². The molecule has 0 radical (unpaired) electrons. The highest BCUT2D eigenvalue weighted by Gasteiger charge is 2.24. The first-order valence-electron chi connectivity index (χ1n) is 4.83. The van der Waals surface area contributed by atoms with Crippen LogP contribution >= 0.6 is 0 Å². The Balaban J connectivity index is 1.49. The van der Waals surface area contributed by atoms with Gasteiger partial charge >= 0.3 is 12.1 Å². The van der Waals surface area contributed by atoms with Gasteiger partial charge in [0.25, 0.3) is 0 Å². The molecule has 0 aromatic rings. The minimum absolute atomic E-state index is 0.0361. The molecule has 0 spiro atoms. The fourth-order valence-electron chi connectivity index (χ4n) is 1.07. The molecule has 0 aliphatic carbocycles. The molecule has 2 fully saturated rings. The first kappa shape index (κ1) is 9.11. The number of hydrogen-bond acceptors (Lipinski definition) is 2. The molecule has 2 saturated heterocycles. The van der Waals surface area contributed by atoms with Crippen molar-refractivity contribution in [3.05, 3.63) is 0 Å². The van der Waals surface area contributed by atoms with Gasteiger partial charge in [-0.1, -0.05) is 0 Å². The molecule has 0 aromatic carbocycles. The Morgan fingerprint density at radius 3 is 1.50 bits per heavy atom. The minimum atomic E-state index is -0.0361. The van der Waals surface area contributed by atoms with Gasteiger partial charge in [0.1, 0.15) is 0 Å². The molecular formula is C8H14N4O2. The van der Waals surface area contributed by atoms with Gasteiger partial charge in [-0.3, -0.25) is 0 Å². The average molecular weight is 198 g/mol. The quantitative estimate of drug-likeness (QED) is 0.453. The Morgan fingerprint density at radius 1 is 0.857 bits per heavy atom. The van der Waals surface area contributed by atoms with Crippen molar-refractivity contribution in [1.29, 1.82) is 0 Å². The highest BCUT2D eigenvalue weighted by atomic mass is 16.2. The summed E-state index contributed by atoms with van der Waals surface area (Å²) >= 11 is 0. The first-order valence-corrected chi connectivity index (χ1v) is 4.83. The van der Waals surface area contributed by atoms with Crippen LogP contribution in [0.4, 0.5) is 9.59 Å². The Bertz CT molecular complexity index is 222. The predicted octanol–water partition coefficient (Wildman–Crippen LogP) is -0.963. The lowest BCUT2D eigenvalue weighted by Gasteiger charge is -2.07. The van der Waals surface area contributed by atoms with E-state index >= 15 is 0 Å². The van der Waals surface area contributed by atoms with Crippen LogP contribution in [0.3, 0.4) is 0 Å². The summed E-state index contributed by atoms with van der Waals surface area (Å²) in [5, 5.41) is 5.43. The zero-order chi connectivity index (χ0) is 9.97. The largest absolute Gasteiger partial charge is 0.336 e. The van der Waals surface area contributed by atoms with Crippen molar-refractivity contribution in [2.75, 3.05) is 39.3 Å². The van der Waals surface area contributed by atoms with E-state index in [1.807, 2.05) is 0 Å². The van der Waals surface area contributed by atoms with E-state index in [0.29, 0.717) is 13.1 Å². The molecule has 0 atom stereocenters. The molecule has 2 N–H and O–H groups in total. The second-order valence-corrected chi connectivity index (χ2v) is 3.44. The summed E-state index contributed by atoms with van der Waals surface area (Å²) in [6.45, 7) is 4.40. The number of carbonyl (C=O) groups excluding carboxylic acids is 2. The van der Waals surface area contributed by atoms with E-state index in [2.05, 4.69) is 10.6 Å². The average Bonchev–Trinajstić information content (AvgIpc) is 3.06. The van der Waals surface area contributed by atoms with Crippen molar-refractivity contribution in [2.24, 2.45) is 0 Å². The molecule has 0 unspecified atom stereocenters. The molecule has 78 valence electrons. The summed E-state index contributed by atoms with van der Waals surface area (Å²) in [4.78, 5) is 25.6. The van der Waals surface area contributed by atoms with Crippen LogP contribution in [0.25, 0.3) is 0 Å². The second kappa shape index (κ2) is 3.73. The molecule has 2 rings (SSSR count). The van der Waals surface area contributed by atoms with Gasteiger partial charge in [-0.15, -0.1) is 0 Å². The fourth-order valence-corrected chi connectivity index (χ4v) is 1.07. The van der Waals surface area contributed by atoms with Crippen LogP contribution in [0.5, 0.6) is 0 Å². The van der Waals surface area contributed by atoms with E-state index in [1.165, 1.54) is 0 Å². The number of nitrogens with one attached hydrogen (secondary N) is 2. The maximum atomic E-state index is 11.1. The smallest absolute Gasteiger partial charge is 0.317 e. The van der Waals surface area contributed by atoms with E-state index in [9.17, 15) is 9.59 Å². The first-order chi connectivity index (χ1) is 6.77. The number of amides is 4. The van der Waals surface area contributed by atoms with Gasteiger partial charge < -0.3 is 20.4 Å². The van der Waals surface area contributed by atoms with Crippen LogP contribution < -0.4 is 10.6 Å². The van der Waals surface area contributed by atoms with E-state index in [-0.39, 0.29) is 12.1 Å². The van der Waals surface area contributed by atoms with Crippen LogP contribution in [0.15, 0.2) is 0 Å². The van der Waals surface area contributed by atoms with E-state index in [4.69, 9.17) is 0 Å². The summed E-state index contributed by atoms with van der Waals surface area (Å²) in [6, 6.07) is -0.0723. The van der Waals surface area contributed by atoms with Crippen molar-refractivity contribution in [2.45, 2.75) is 0 Å². The summed E-state index contributed by atoms with van der Waals surface area (Å²) < 4.78 is 0. The Labute approximate surface area is 82.2 Å². The summed E-state index contributed by atoms with van der Waals surface area (Å²) in [5.74, 6) is 0. The van der Waals surface area contributed by atoms with E-state index < -0.39 is 0 Å². The maximum Gasteiger partial charge on any atom is 0.317 e. The van der Waals surface area contributed by atoms with Gasteiger partial charge in [0.15, 0.2) is 0 Å². The van der Waals surface area contributed by atoms with Crippen LogP contribution in [0.2, 0.25) is 0 Å². The Hall–Kier alpha value is -1.46. The second-order valence-electron chi connectivity index (χ2n) is 3.44. The van der Waals surface area contributed by atoms with Gasteiger partial charge in [-0.2, -0.15) is 0 Å². The lowest BCUT2D eigenvalue weighted by atomic mass is 10.6. The lowest BCUT2D eigenvalue weighted by molar-refractivity contribution is 0.225. The van der Waals surface area contributed by atoms with Crippen molar-refractivity contribution >= 4 is 12.1 Å². The number of hydrogen-bond donors (Lipinski definition) is 2. The number of rotatable bonds is 3. The third-order valence-corrected chi connectivity index (χ3v) is 2.15. The predicted molar refractivity (Wildman–Crippen MR) is 49.9 cm³/mol. The van der Waals surface area contributed by atoms with Crippen molar-refractivity contribution < 1.29 is 9.59 Å². The SMILES string of the molecule is O=C(NCCNC(=O)N1CC1)N1CC1. The highest BCUT2D eigenvalue weighted by molar-refractivity contribution is 5.77. The van der Waals surface area contributed by atoms with Crippen molar-refractivity contribution in [1.82, 2.24) is 20.4 Å². The molecule has 14 heavy (non-hydrogen) atoms. The number of urea groups is 2. The highest BCUT2D eigenvalue weighted by Crippen LogP contribution is 2.02. The van der Waals surface area contributed by atoms with Crippen molar-refractivity contribution in [3.8, 4) is 0 Å². The van der Waals surface area contributed by atoms with Crippen LogP contribution in [-0.4, -0.2) is 61.1 Å². The van der Waals surface area contributed by atoms with E-state index in [1.54, 1.807) is 9.80 Å². The summed E-state index contributed by atoms with van der Waals surface area (Å²) in [6.07, 6.45) is 0. The monoisotopic (exact) mass is 198 g/mol. The molecule has 0 bridgehead atoms. The number of nitrogens with zero attached hydrogens (tertiary/aromatic N) is 2. The topological polar surface area (TPSA) is 64.2 Å². The number of carbonyl (C=O) groups is 2. The molecule has 6 heteroatoms. The molecule has 6 nitrogen and oxygen atoms in total. The molecule has 4 amide bonds. The van der Waals surface area contributed by atoms with Gasteiger partial charge in [0, 0.05) is 39.3 Å². The van der Waals surface area contributed by atoms with Crippen LogP contribution in [0.1, 0.15) is 0 Å². The molecule has 2 heterocycles. The molecule has 2 aliphatic rings. The zero-order valence-electron chi connectivity index (χ0n) is 7.95. The zero-order valence-corrected chi connectivity index (χ0v) is 7.95. The lowest BCUT2D eigenvalue weighted by Crippen LogP contribution is -2.38. The Morgan fingerprint density at radius 2 is 1.21 bits per heavy atom. The fraction of sp³-hybridized carbons (Fsp3) is 0.750. The molecule has 2 aliphatic heterocycles. The summed E-state index contributed by atoms with van der Waals surface area (Å²) in [7, 11) is 0. The molecule has 0 aromatic heterocycles. The van der Waals surface area contributed by atoms with Gasteiger partial charge in [0.05, 0.1) is 0 Å². The summed E-state index contributed by atoms with van der Waals surface area (Å²) in [5.41, 5.74) is 0. The standard InChI is InChI=1S/C8H14N4O2/c13-7(11-3-4-11)9-1-2-10-8(14)12-5-6-12/h1-6H2,(H,9,13)(H,10,14). The molecular weight excluding hydrogens is 184 g/mol. The van der Waals surface area contributed by atoms with Crippen LogP contribution in [0, 0.1) is 0 Å². The van der Waals surface area contributed by atoms with E-state index in [0.717, 1.165) is 26.2 Å². The maximum absolute atomic E-state index is 11.1. The minimum Gasteiger partial charge on any atom is -0.336 e. The third kappa shape index (κ3) is 2.51. The Kier molecular flexibility index (Phi) is 2.43. The van der Waals surface area contributed by atoms with Crippen molar-refractivity contribution in [3.63, 3.8) is 0 Å². The van der Waals surface area contributed by atoms with Gasteiger partial charge in [-0.05, 0) is 0 Å². The van der Waals surface area contributed by atoms with Crippen LogP contribution in [-0.2, 0) is 0 Å². The third-order valence-electron chi connectivity index (χ3n) is 2.15.